The van der Waals surface area contributed by atoms with E-state index in [1.807, 2.05) is 11.8 Å². The highest BCUT2D eigenvalue weighted by molar-refractivity contribution is 14.1. The zero-order valence-corrected chi connectivity index (χ0v) is 13.1. The highest BCUT2D eigenvalue weighted by Gasteiger charge is 2.06. The fourth-order valence-corrected chi connectivity index (χ4v) is 2.64. The third kappa shape index (κ3) is 5.06. The lowest BCUT2D eigenvalue weighted by Crippen LogP contribution is -2.25. The number of hydrogen-bond acceptors (Lipinski definition) is 2. The smallest absolute Gasteiger partial charge is 0.0291 e. The molecular weight excluding hydrogens is 329 g/mol. The van der Waals surface area contributed by atoms with E-state index in [1.54, 1.807) is 0 Å². The van der Waals surface area contributed by atoms with Crippen LogP contribution < -0.4 is 5.32 Å². The molecule has 0 aliphatic rings. The van der Waals surface area contributed by atoms with Gasteiger partial charge in [0.2, 0.25) is 0 Å². The van der Waals surface area contributed by atoms with E-state index in [9.17, 15) is 0 Å². The minimum atomic E-state index is 0.446. The first-order valence-electron chi connectivity index (χ1n) is 5.61. The molecule has 0 bridgehead atoms. The van der Waals surface area contributed by atoms with Crippen molar-refractivity contribution in [3.63, 3.8) is 0 Å². The van der Waals surface area contributed by atoms with E-state index in [1.165, 1.54) is 14.9 Å². The number of thioether (sulfide) groups is 1. The van der Waals surface area contributed by atoms with Crippen molar-refractivity contribution in [2.45, 2.75) is 19.9 Å². The average molecular weight is 349 g/mol. The summed E-state index contributed by atoms with van der Waals surface area (Å²) in [6.45, 7) is 5.62. The quantitative estimate of drug-likeness (QED) is 0.781. The van der Waals surface area contributed by atoms with Gasteiger partial charge in [0.1, 0.15) is 0 Å². The normalized spacial score (nSPS) is 14.8. The van der Waals surface area contributed by atoms with Crippen LogP contribution in [0.1, 0.15) is 25.5 Å². The summed E-state index contributed by atoms with van der Waals surface area (Å²) < 4.78 is 1.30. The molecule has 1 N–H and O–H groups in total. The van der Waals surface area contributed by atoms with Gasteiger partial charge in [0, 0.05) is 9.61 Å². The van der Waals surface area contributed by atoms with Gasteiger partial charge in [-0.25, -0.2) is 0 Å². The van der Waals surface area contributed by atoms with Gasteiger partial charge in [-0.05, 0) is 71.7 Å². The first-order valence-corrected chi connectivity index (χ1v) is 8.08. The van der Waals surface area contributed by atoms with Crippen LogP contribution in [-0.4, -0.2) is 18.6 Å². The Kier molecular flexibility index (Phi) is 6.77. The van der Waals surface area contributed by atoms with Gasteiger partial charge in [-0.15, -0.1) is 0 Å². The van der Waals surface area contributed by atoms with Gasteiger partial charge < -0.3 is 5.32 Å². The van der Waals surface area contributed by atoms with Gasteiger partial charge in [0.25, 0.3) is 0 Å². The second-order valence-corrected chi connectivity index (χ2v) is 6.40. The lowest BCUT2D eigenvalue weighted by atomic mass is 10.1. The maximum absolute atomic E-state index is 3.59. The van der Waals surface area contributed by atoms with E-state index in [4.69, 9.17) is 0 Å². The molecule has 0 aliphatic heterocycles. The van der Waals surface area contributed by atoms with Crippen molar-refractivity contribution >= 4 is 34.4 Å². The Bertz CT molecular complexity index is 299. The summed E-state index contributed by atoms with van der Waals surface area (Å²) in [5.41, 5.74) is 1.37. The molecular formula is C13H20INS. The van der Waals surface area contributed by atoms with Crippen molar-refractivity contribution in [1.82, 2.24) is 5.32 Å². The first kappa shape index (κ1) is 14.3. The largest absolute Gasteiger partial charge is 0.310 e. The standard InChI is InChI=1S/C13H20INS/c1-10(9-16-3)8-15-11(2)12-4-6-13(14)7-5-12/h4-7,10-11,15H,8-9H2,1-3H3. The zero-order chi connectivity index (χ0) is 12.0. The molecule has 90 valence electrons. The van der Waals surface area contributed by atoms with Gasteiger partial charge in [0.15, 0.2) is 0 Å². The third-order valence-corrected chi connectivity index (χ3v) is 4.22. The number of benzene rings is 1. The van der Waals surface area contributed by atoms with Gasteiger partial charge in [-0.3, -0.25) is 0 Å². The molecule has 1 rings (SSSR count). The van der Waals surface area contributed by atoms with Gasteiger partial charge in [0.05, 0.1) is 0 Å². The van der Waals surface area contributed by atoms with Crippen LogP contribution in [0.3, 0.4) is 0 Å². The van der Waals surface area contributed by atoms with Crippen molar-refractivity contribution in [1.29, 1.82) is 0 Å². The highest BCUT2D eigenvalue weighted by Crippen LogP contribution is 2.15. The number of nitrogens with one attached hydrogen (secondary N) is 1. The molecule has 0 aliphatic carbocycles. The summed E-state index contributed by atoms with van der Waals surface area (Å²) in [6.07, 6.45) is 2.17. The Hall–Kier alpha value is 0.260. The van der Waals surface area contributed by atoms with Gasteiger partial charge in [-0.1, -0.05) is 19.1 Å². The van der Waals surface area contributed by atoms with Crippen molar-refractivity contribution in [3.05, 3.63) is 33.4 Å². The summed E-state index contributed by atoms with van der Waals surface area (Å²) in [7, 11) is 0. The van der Waals surface area contributed by atoms with Gasteiger partial charge >= 0.3 is 0 Å². The number of halogens is 1. The minimum absolute atomic E-state index is 0.446. The second kappa shape index (κ2) is 7.56. The molecule has 0 radical (unpaired) electrons. The molecule has 1 nitrogen and oxygen atoms in total. The topological polar surface area (TPSA) is 12.0 Å². The fourth-order valence-electron chi connectivity index (χ4n) is 1.59. The maximum Gasteiger partial charge on any atom is 0.0291 e. The van der Waals surface area contributed by atoms with Crippen LogP contribution in [-0.2, 0) is 0 Å². The van der Waals surface area contributed by atoms with Gasteiger partial charge in [-0.2, -0.15) is 11.8 Å². The molecule has 16 heavy (non-hydrogen) atoms. The molecule has 2 unspecified atom stereocenters. The summed E-state index contributed by atoms with van der Waals surface area (Å²) >= 11 is 4.26. The lowest BCUT2D eigenvalue weighted by Gasteiger charge is -2.17. The van der Waals surface area contributed by atoms with E-state index in [-0.39, 0.29) is 0 Å². The maximum atomic E-state index is 3.59. The molecule has 0 saturated heterocycles. The molecule has 2 atom stereocenters. The van der Waals surface area contributed by atoms with Crippen LogP contribution >= 0.6 is 34.4 Å². The van der Waals surface area contributed by atoms with Crippen LogP contribution in [0.2, 0.25) is 0 Å². The molecule has 0 spiro atoms. The number of hydrogen-bond donors (Lipinski definition) is 1. The van der Waals surface area contributed by atoms with E-state index in [0.717, 1.165) is 12.5 Å². The van der Waals surface area contributed by atoms with Crippen LogP contribution in [0.15, 0.2) is 24.3 Å². The molecule has 1 aromatic carbocycles. The molecule has 0 aromatic heterocycles. The first-order chi connectivity index (χ1) is 7.63. The lowest BCUT2D eigenvalue weighted by molar-refractivity contribution is 0.501. The summed E-state index contributed by atoms with van der Waals surface area (Å²) in [5.74, 6) is 1.97. The predicted octanol–water partition coefficient (Wildman–Crippen LogP) is 3.94. The number of rotatable bonds is 6. The Morgan fingerprint density at radius 3 is 2.44 bits per heavy atom. The Balaban J connectivity index is 2.40. The third-order valence-electron chi connectivity index (χ3n) is 2.59. The molecule has 1 aromatic rings. The van der Waals surface area contributed by atoms with E-state index >= 15 is 0 Å². The van der Waals surface area contributed by atoms with E-state index < -0.39 is 0 Å². The van der Waals surface area contributed by atoms with E-state index in [2.05, 4.69) is 72.3 Å². The van der Waals surface area contributed by atoms with Crippen LogP contribution in [0.4, 0.5) is 0 Å². The SMILES string of the molecule is CSCC(C)CNC(C)c1ccc(I)cc1. The highest BCUT2D eigenvalue weighted by atomic mass is 127. The zero-order valence-electron chi connectivity index (χ0n) is 10.2. The Morgan fingerprint density at radius 1 is 1.25 bits per heavy atom. The van der Waals surface area contributed by atoms with Crippen molar-refractivity contribution in [2.24, 2.45) is 5.92 Å². The monoisotopic (exact) mass is 349 g/mol. The second-order valence-electron chi connectivity index (χ2n) is 4.24. The van der Waals surface area contributed by atoms with Crippen LogP contribution in [0.25, 0.3) is 0 Å². The molecule has 0 amide bonds. The molecule has 3 heteroatoms. The Labute approximate surface area is 117 Å². The van der Waals surface area contributed by atoms with Crippen LogP contribution in [0.5, 0.6) is 0 Å². The van der Waals surface area contributed by atoms with E-state index in [0.29, 0.717) is 6.04 Å². The fraction of sp³-hybridized carbons (Fsp3) is 0.538. The van der Waals surface area contributed by atoms with Crippen molar-refractivity contribution in [3.8, 4) is 0 Å². The van der Waals surface area contributed by atoms with Crippen molar-refractivity contribution < 1.29 is 0 Å². The predicted molar refractivity (Wildman–Crippen MR) is 83.1 cm³/mol. The molecule has 0 fully saturated rings. The Morgan fingerprint density at radius 2 is 1.88 bits per heavy atom. The van der Waals surface area contributed by atoms with Crippen molar-refractivity contribution in [2.75, 3.05) is 18.6 Å². The summed E-state index contributed by atoms with van der Waals surface area (Å²) in [5, 5.41) is 3.59. The molecule has 0 saturated carbocycles. The average Bonchev–Trinajstić information content (AvgIpc) is 2.27. The minimum Gasteiger partial charge on any atom is -0.310 e. The summed E-state index contributed by atoms with van der Waals surface area (Å²) in [6, 6.07) is 9.19. The molecule has 0 heterocycles. The van der Waals surface area contributed by atoms with Crippen LogP contribution in [0, 0.1) is 9.49 Å². The summed E-state index contributed by atoms with van der Waals surface area (Å²) in [4.78, 5) is 0.